The second-order valence-electron chi connectivity index (χ2n) is 5.25. The second kappa shape index (κ2) is 8.80. The molecule has 0 aromatic carbocycles. The van der Waals surface area contributed by atoms with Crippen LogP contribution in [0.1, 0.15) is 64.7 Å². The van der Waals surface area contributed by atoms with Crippen LogP contribution in [0, 0.1) is 0 Å². The standard InChI is InChI=1S/C14H25F3O2/c1-2-3-4-5-6-11-18-12-7-9-13(10-8-12)19-14(15,16)17/h12-13H,2-11H2,1H3. The number of ether oxygens (including phenoxy) is 2. The quantitative estimate of drug-likeness (QED) is 0.594. The monoisotopic (exact) mass is 282 g/mol. The zero-order valence-corrected chi connectivity index (χ0v) is 11.7. The van der Waals surface area contributed by atoms with Gasteiger partial charge in [-0.15, -0.1) is 13.2 Å². The van der Waals surface area contributed by atoms with Crippen LogP contribution in [0.25, 0.3) is 0 Å². The summed E-state index contributed by atoms with van der Waals surface area (Å²) in [7, 11) is 0. The smallest absolute Gasteiger partial charge is 0.378 e. The van der Waals surface area contributed by atoms with E-state index in [0.29, 0.717) is 25.7 Å². The van der Waals surface area contributed by atoms with Crippen LogP contribution in [0.2, 0.25) is 0 Å². The van der Waals surface area contributed by atoms with E-state index in [-0.39, 0.29) is 6.10 Å². The number of unbranched alkanes of at least 4 members (excludes halogenated alkanes) is 4. The van der Waals surface area contributed by atoms with Gasteiger partial charge in [0.2, 0.25) is 0 Å². The van der Waals surface area contributed by atoms with Crippen molar-refractivity contribution in [1.82, 2.24) is 0 Å². The maximum absolute atomic E-state index is 12.0. The lowest BCUT2D eigenvalue weighted by Crippen LogP contribution is -2.31. The first-order chi connectivity index (χ1) is 9.01. The minimum atomic E-state index is -4.50. The van der Waals surface area contributed by atoms with Gasteiger partial charge in [-0.05, 0) is 32.1 Å². The average Bonchev–Trinajstić information content (AvgIpc) is 2.34. The van der Waals surface area contributed by atoms with Crippen molar-refractivity contribution in [3.63, 3.8) is 0 Å². The van der Waals surface area contributed by atoms with Crippen LogP contribution in [-0.4, -0.2) is 25.2 Å². The van der Waals surface area contributed by atoms with Gasteiger partial charge in [-0.3, -0.25) is 4.74 Å². The summed E-state index contributed by atoms with van der Waals surface area (Å²) in [5.74, 6) is 0. The lowest BCUT2D eigenvalue weighted by atomic mass is 9.95. The van der Waals surface area contributed by atoms with Crippen LogP contribution in [0.4, 0.5) is 13.2 Å². The Bertz CT molecular complexity index is 223. The second-order valence-corrected chi connectivity index (χ2v) is 5.25. The fourth-order valence-corrected chi connectivity index (χ4v) is 2.46. The lowest BCUT2D eigenvalue weighted by Gasteiger charge is -2.29. The van der Waals surface area contributed by atoms with Crippen LogP contribution in [0.3, 0.4) is 0 Å². The van der Waals surface area contributed by atoms with Crippen molar-refractivity contribution in [1.29, 1.82) is 0 Å². The number of hydrogen-bond donors (Lipinski definition) is 0. The molecule has 0 aromatic heterocycles. The van der Waals surface area contributed by atoms with E-state index in [0.717, 1.165) is 13.0 Å². The molecule has 0 bridgehead atoms. The summed E-state index contributed by atoms with van der Waals surface area (Å²) in [5, 5.41) is 0. The molecule has 0 amide bonds. The fourth-order valence-electron chi connectivity index (χ4n) is 2.46. The van der Waals surface area contributed by atoms with E-state index in [1.54, 1.807) is 0 Å². The molecular weight excluding hydrogens is 257 g/mol. The van der Waals surface area contributed by atoms with Crippen molar-refractivity contribution >= 4 is 0 Å². The molecular formula is C14H25F3O2. The Kier molecular flexibility index (Phi) is 7.76. The molecule has 0 spiro atoms. The number of alkyl halides is 3. The van der Waals surface area contributed by atoms with Crippen molar-refractivity contribution < 1.29 is 22.6 Å². The predicted octanol–water partition coefficient (Wildman–Crippen LogP) is 4.82. The molecule has 19 heavy (non-hydrogen) atoms. The Hall–Kier alpha value is -0.290. The van der Waals surface area contributed by atoms with Crippen LogP contribution in [0.15, 0.2) is 0 Å². The Morgan fingerprint density at radius 3 is 2.05 bits per heavy atom. The molecule has 0 radical (unpaired) electrons. The lowest BCUT2D eigenvalue weighted by molar-refractivity contribution is -0.346. The van der Waals surface area contributed by atoms with E-state index >= 15 is 0 Å². The summed E-state index contributed by atoms with van der Waals surface area (Å²) in [6.45, 7) is 2.91. The molecule has 0 unspecified atom stereocenters. The third-order valence-corrected chi connectivity index (χ3v) is 3.52. The topological polar surface area (TPSA) is 18.5 Å². The van der Waals surface area contributed by atoms with Crippen molar-refractivity contribution in [3.05, 3.63) is 0 Å². The highest BCUT2D eigenvalue weighted by molar-refractivity contribution is 4.73. The third-order valence-electron chi connectivity index (χ3n) is 3.52. The molecule has 0 heterocycles. The maximum atomic E-state index is 12.0. The summed E-state index contributed by atoms with van der Waals surface area (Å²) >= 11 is 0. The van der Waals surface area contributed by atoms with E-state index in [1.807, 2.05) is 0 Å². The zero-order chi connectivity index (χ0) is 14.1. The predicted molar refractivity (Wildman–Crippen MR) is 67.9 cm³/mol. The van der Waals surface area contributed by atoms with E-state index in [2.05, 4.69) is 11.7 Å². The highest BCUT2D eigenvalue weighted by atomic mass is 19.4. The SMILES string of the molecule is CCCCCCCOC1CCC(OC(F)(F)F)CC1. The van der Waals surface area contributed by atoms with Crippen molar-refractivity contribution in [2.45, 2.75) is 83.3 Å². The summed E-state index contributed by atoms with van der Waals surface area (Å²) in [6.07, 6.45) is 3.15. The van der Waals surface area contributed by atoms with Crippen molar-refractivity contribution in [2.24, 2.45) is 0 Å². The summed E-state index contributed by atoms with van der Waals surface area (Å²) < 4.78 is 45.8. The number of rotatable bonds is 8. The zero-order valence-electron chi connectivity index (χ0n) is 11.7. The number of hydrogen-bond acceptors (Lipinski definition) is 2. The molecule has 1 aliphatic carbocycles. The van der Waals surface area contributed by atoms with Crippen LogP contribution < -0.4 is 0 Å². The van der Waals surface area contributed by atoms with Gasteiger partial charge in [-0.2, -0.15) is 0 Å². The van der Waals surface area contributed by atoms with Gasteiger partial charge < -0.3 is 4.74 Å². The van der Waals surface area contributed by atoms with E-state index in [9.17, 15) is 13.2 Å². The maximum Gasteiger partial charge on any atom is 0.522 e. The Balaban J connectivity index is 2.01. The molecule has 0 N–H and O–H groups in total. The van der Waals surface area contributed by atoms with Gasteiger partial charge in [-0.1, -0.05) is 32.6 Å². The molecule has 1 aliphatic rings. The van der Waals surface area contributed by atoms with E-state index in [1.165, 1.54) is 25.7 Å². The van der Waals surface area contributed by atoms with Gasteiger partial charge in [0.1, 0.15) is 0 Å². The van der Waals surface area contributed by atoms with E-state index < -0.39 is 12.5 Å². The Labute approximate surface area is 113 Å². The molecule has 2 nitrogen and oxygen atoms in total. The normalized spacial score (nSPS) is 24.6. The molecule has 0 atom stereocenters. The first-order valence-corrected chi connectivity index (χ1v) is 7.37. The highest BCUT2D eigenvalue weighted by Crippen LogP contribution is 2.29. The Morgan fingerprint density at radius 1 is 0.895 bits per heavy atom. The van der Waals surface area contributed by atoms with Gasteiger partial charge in [-0.25, -0.2) is 0 Å². The summed E-state index contributed by atoms with van der Waals surface area (Å²) in [6, 6.07) is 0. The molecule has 0 aliphatic heterocycles. The molecule has 1 rings (SSSR count). The van der Waals surface area contributed by atoms with Crippen molar-refractivity contribution in [2.75, 3.05) is 6.61 Å². The van der Waals surface area contributed by atoms with Crippen molar-refractivity contribution in [3.8, 4) is 0 Å². The van der Waals surface area contributed by atoms with Gasteiger partial charge in [0.05, 0.1) is 12.2 Å². The molecule has 114 valence electrons. The van der Waals surface area contributed by atoms with Gasteiger partial charge in [0.25, 0.3) is 0 Å². The van der Waals surface area contributed by atoms with Crippen LogP contribution in [-0.2, 0) is 9.47 Å². The van der Waals surface area contributed by atoms with Gasteiger partial charge in [0.15, 0.2) is 0 Å². The molecule has 1 saturated carbocycles. The van der Waals surface area contributed by atoms with Crippen LogP contribution >= 0.6 is 0 Å². The fraction of sp³-hybridized carbons (Fsp3) is 1.00. The molecule has 0 saturated heterocycles. The Morgan fingerprint density at radius 2 is 1.47 bits per heavy atom. The first kappa shape index (κ1) is 16.8. The van der Waals surface area contributed by atoms with Gasteiger partial charge in [0, 0.05) is 6.61 Å². The van der Waals surface area contributed by atoms with Gasteiger partial charge >= 0.3 is 6.36 Å². The highest BCUT2D eigenvalue weighted by Gasteiger charge is 2.35. The molecule has 1 fully saturated rings. The first-order valence-electron chi connectivity index (χ1n) is 7.37. The van der Waals surface area contributed by atoms with E-state index in [4.69, 9.17) is 4.74 Å². The minimum Gasteiger partial charge on any atom is -0.378 e. The average molecular weight is 282 g/mol. The van der Waals surface area contributed by atoms with Crippen LogP contribution in [0.5, 0.6) is 0 Å². The molecule has 0 aromatic rings. The summed E-state index contributed by atoms with van der Waals surface area (Å²) in [5.41, 5.74) is 0. The molecule has 5 heteroatoms. The number of halogens is 3. The summed E-state index contributed by atoms with van der Waals surface area (Å²) in [4.78, 5) is 0. The largest absolute Gasteiger partial charge is 0.522 e. The minimum absolute atomic E-state index is 0.124. The third kappa shape index (κ3) is 8.47.